The summed E-state index contributed by atoms with van der Waals surface area (Å²) in [5.74, 6) is -1.39. The molecule has 2 rings (SSSR count). The molecule has 0 radical (unpaired) electrons. The summed E-state index contributed by atoms with van der Waals surface area (Å²) in [5, 5.41) is 9.28. The second kappa shape index (κ2) is 7.20. The van der Waals surface area contributed by atoms with Gasteiger partial charge in [-0.1, -0.05) is 6.92 Å². The SMILES string of the molecule is CCN(C(C)C(=O)N1CCOCC1)C1COCC1C(=O)O. The van der Waals surface area contributed by atoms with E-state index in [-0.39, 0.29) is 24.6 Å². The van der Waals surface area contributed by atoms with E-state index >= 15 is 0 Å². The van der Waals surface area contributed by atoms with Crippen molar-refractivity contribution < 1.29 is 24.2 Å². The molecule has 0 bridgehead atoms. The second-order valence-electron chi connectivity index (χ2n) is 5.49. The largest absolute Gasteiger partial charge is 0.481 e. The van der Waals surface area contributed by atoms with Gasteiger partial charge in [-0.25, -0.2) is 0 Å². The van der Waals surface area contributed by atoms with Gasteiger partial charge >= 0.3 is 5.97 Å². The normalized spacial score (nSPS) is 27.9. The maximum atomic E-state index is 12.6. The summed E-state index contributed by atoms with van der Waals surface area (Å²) in [5.41, 5.74) is 0. The molecule has 2 aliphatic heterocycles. The zero-order chi connectivity index (χ0) is 15.4. The first kappa shape index (κ1) is 16.2. The first-order valence-corrected chi connectivity index (χ1v) is 7.49. The third-order valence-electron chi connectivity index (χ3n) is 4.34. The first-order valence-electron chi connectivity index (χ1n) is 7.49. The summed E-state index contributed by atoms with van der Waals surface area (Å²) in [6.45, 7) is 7.33. The van der Waals surface area contributed by atoms with Crippen LogP contribution in [0.5, 0.6) is 0 Å². The molecule has 7 heteroatoms. The molecule has 3 unspecified atom stereocenters. The van der Waals surface area contributed by atoms with Crippen molar-refractivity contribution in [2.45, 2.75) is 25.9 Å². The lowest BCUT2D eigenvalue weighted by Gasteiger charge is -2.37. The highest BCUT2D eigenvalue weighted by Crippen LogP contribution is 2.22. The Balaban J connectivity index is 2.05. The Morgan fingerprint density at radius 2 is 1.95 bits per heavy atom. The van der Waals surface area contributed by atoms with Crippen molar-refractivity contribution in [3.05, 3.63) is 0 Å². The molecule has 3 atom stereocenters. The molecule has 120 valence electrons. The Hall–Kier alpha value is -1.18. The monoisotopic (exact) mass is 300 g/mol. The standard InChI is InChI=1S/C14H24N2O5/c1-3-16(12-9-21-8-11(12)14(18)19)10(2)13(17)15-4-6-20-7-5-15/h10-12H,3-9H2,1-2H3,(H,18,19). The zero-order valence-corrected chi connectivity index (χ0v) is 12.7. The summed E-state index contributed by atoms with van der Waals surface area (Å²) >= 11 is 0. The number of carboxylic acid groups (broad SMARTS) is 1. The van der Waals surface area contributed by atoms with Crippen molar-refractivity contribution in [3.8, 4) is 0 Å². The summed E-state index contributed by atoms with van der Waals surface area (Å²) < 4.78 is 10.6. The van der Waals surface area contributed by atoms with E-state index in [1.165, 1.54) is 0 Å². The van der Waals surface area contributed by atoms with Gasteiger partial charge in [0.15, 0.2) is 0 Å². The van der Waals surface area contributed by atoms with Crippen LogP contribution in [-0.2, 0) is 19.1 Å². The summed E-state index contributed by atoms with van der Waals surface area (Å²) in [6.07, 6.45) is 0. The third kappa shape index (κ3) is 3.53. The van der Waals surface area contributed by atoms with E-state index in [9.17, 15) is 14.7 Å². The number of amides is 1. The molecule has 0 aliphatic carbocycles. The summed E-state index contributed by atoms with van der Waals surface area (Å²) in [4.78, 5) is 27.6. The van der Waals surface area contributed by atoms with Crippen LogP contribution in [0.1, 0.15) is 13.8 Å². The number of rotatable bonds is 5. The lowest BCUT2D eigenvalue weighted by Crippen LogP contribution is -2.55. The van der Waals surface area contributed by atoms with Gasteiger partial charge < -0.3 is 19.5 Å². The maximum absolute atomic E-state index is 12.6. The number of ether oxygens (including phenoxy) is 2. The highest BCUT2D eigenvalue weighted by Gasteiger charge is 2.41. The fourth-order valence-electron chi connectivity index (χ4n) is 3.09. The topological polar surface area (TPSA) is 79.3 Å². The fraction of sp³-hybridized carbons (Fsp3) is 0.857. The van der Waals surface area contributed by atoms with Gasteiger partial charge in [0.05, 0.1) is 38.4 Å². The molecule has 0 aromatic rings. The third-order valence-corrected chi connectivity index (χ3v) is 4.34. The molecule has 0 aromatic heterocycles. The molecule has 21 heavy (non-hydrogen) atoms. The van der Waals surface area contributed by atoms with Crippen molar-refractivity contribution in [3.63, 3.8) is 0 Å². The number of nitrogens with zero attached hydrogens (tertiary/aromatic N) is 2. The van der Waals surface area contributed by atoms with Crippen molar-refractivity contribution in [2.24, 2.45) is 5.92 Å². The maximum Gasteiger partial charge on any atom is 0.310 e. The van der Waals surface area contributed by atoms with Crippen LogP contribution in [-0.4, -0.2) is 84.9 Å². The van der Waals surface area contributed by atoms with Crippen molar-refractivity contribution in [1.29, 1.82) is 0 Å². The lowest BCUT2D eigenvalue weighted by atomic mass is 10.0. The van der Waals surface area contributed by atoms with Gasteiger partial charge in [0.25, 0.3) is 0 Å². The number of hydrogen-bond acceptors (Lipinski definition) is 5. The average molecular weight is 300 g/mol. The molecular weight excluding hydrogens is 276 g/mol. The zero-order valence-electron chi connectivity index (χ0n) is 12.7. The highest BCUT2D eigenvalue weighted by molar-refractivity contribution is 5.82. The van der Waals surface area contributed by atoms with Gasteiger partial charge in [0.2, 0.25) is 5.91 Å². The van der Waals surface area contributed by atoms with Crippen LogP contribution in [0.2, 0.25) is 0 Å². The van der Waals surface area contributed by atoms with Gasteiger partial charge in [-0.05, 0) is 13.5 Å². The van der Waals surface area contributed by atoms with E-state index < -0.39 is 11.9 Å². The van der Waals surface area contributed by atoms with E-state index in [0.717, 1.165) is 0 Å². The number of likely N-dealkylation sites (N-methyl/N-ethyl adjacent to an activating group) is 1. The summed E-state index contributed by atoms with van der Waals surface area (Å²) in [6, 6.07) is -0.589. The average Bonchev–Trinajstić information content (AvgIpc) is 2.97. The Kier molecular flexibility index (Phi) is 5.55. The van der Waals surface area contributed by atoms with E-state index in [0.29, 0.717) is 39.5 Å². The molecule has 2 heterocycles. The van der Waals surface area contributed by atoms with Crippen LogP contribution >= 0.6 is 0 Å². The Morgan fingerprint density at radius 3 is 2.52 bits per heavy atom. The molecule has 2 aliphatic rings. The van der Waals surface area contributed by atoms with E-state index in [2.05, 4.69) is 0 Å². The van der Waals surface area contributed by atoms with Crippen molar-refractivity contribution in [1.82, 2.24) is 9.80 Å². The van der Waals surface area contributed by atoms with E-state index in [1.54, 1.807) is 4.90 Å². The Morgan fingerprint density at radius 1 is 1.29 bits per heavy atom. The predicted molar refractivity (Wildman–Crippen MR) is 75.0 cm³/mol. The fourth-order valence-corrected chi connectivity index (χ4v) is 3.09. The van der Waals surface area contributed by atoms with E-state index in [1.807, 2.05) is 18.7 Å². The van der Waals surface area contributed by atoms with Crippen LogP contribution < -0.4 is 0 Å². The lowest BCUT2D eigenvalue weighted by molar-refractivity contribution is -0.147. The van der Waals surface area contributed by atoms with Crippen LogP contribution in [0.3, 0.4) is 0 Å². The summed E-state index contributed by atoms with van der Waals surface area (Å²) in [7, 11) is 0. The van der Waals surface area contributed by atoms with Gasteiger partial charge in [-0.3, -0.25) is 14.5 Å². The Bertz CT molecular complexity index is 384. The minimum atomic E-state index is -0.859. The smallest absolute Gasteiger partial charge is 0.310 e. The quantitative estimate of drug-likeness (QED) is 0.748. The van der Waals surface area contributed by atoms with Gasteiger partial charge in [0.1, 0.15) is 0 Å². The highest BCUT2D eigenvalue weighted by atomic mass is 16.5. The molecule has 0 saturated carbocycles. The Labute approximate surface area is 124 Å². The molecule has 0 spiro atoms. The molecule has 1 amide bonds. The minimum absolute atomic E-state index is 0.0381. The molecule has 7 nitrogen and oxygen atoms in total. The molecule has 2 saturated heterocycles. The molecule has 1 N–H and O–H groups in total. The number of morpholine rings is 1. The van der Waals surface area contributed by atoms with Gasteiger partial charge in [-0.2, -0.15) is 0 Å². The second-order valence-corrected chi connectivity index (χ2v) is 5.49. The molecule has 0 aromatic carbocycles. The van der Waals surface area contributed by atoms with Crippen LogP contribution in [0, 0.1) is 5.92 Å². The van der Waals surface area contributed by atoms with Crippen molar-refractivity contribution in [2.75, 3.05) is 46.1 Å². The first-order chi connectivity index (χ1) is 10.1. The number of carbonyl (C=O) groups is 2. The predicted octanol–water partition coefficient (Wildman–Crippen LogP) is -0.345. The van der Waals surface area contributed by atoms with Crippen LogP contribution in [0.15, 0.2) is 0 Å². The molecular formula is C14H24N2O5. The number of carbonyl (C=O) groups excluding carboxylic acids is 1. The van der Waals surface area contributed by atoms with Crippen LogP contribution in [0.4, 0.5) is 0 Å². The molecule has 2 fully saturated rings. The number of carboxylic acids is 1. The van der Waals surface area contributed by atoms with Crippen LogP contribution in [0.25, 0.3) is 0 Å². The van der Waals surface area contributed by atoms with Gasteiger partial charge in [-0.15, -0.1) is 0 Å². The van der Waals surface area contributed by atoms with Crippen molar-refractivity contribution >= 4 is 11.9 Å². The number of aliphatic carboxylic acids is 1. The van der Waals surface area contributed by atoms with E-state index in [4.69, 9.17) is 9.47 Å². The minimum Gasteiger partial charge on any atom is -0.481 e. The number of hydrogen-bond donors (Lipinski definition) is 1. The van der Waals surface area contributed by atoms with Gasteiger partial charge in [0, 0.05) is 19.1 Å².